The van der Waals surface area contributed by atoms with Crippen LogP contribution in [-0.2, 0) is 0 Å². The summed E-state index contributed by atoms with van der Waals surface area (Å²) in [7, 11) is 0. The van der Waals surface area contributed by atoms with Crippen LogP contribution >= 0.6 is 11.6 Å². The monoisotopic (exact) mass is 224 g/mol. The lowest BCUT2D eigenvalue weighted by molar-refractivity contribution is 0.476. The first-order chi connectivity index (χ1) is 7.00. The van der Waals surface area contributed by atoms with Crippen LogP contribution in [0.25, 0.3) is 5.65 Å². The zero-order chi connectivity index (χ0) is 11.2. The average molecular weight is 225 g/mol. The number of hydrogen-bond donors (Lipinski definition) is 1. The van der Waals surface area contributed by atoms with E-state index in [1.807, 2.05) is 0 Å². The minimum atomic E-state index is -0.213. The van der Waals surface area contributed by atoms with Gasteiger partial charge in [0.15, 0.2) is 11.4 Å². The van der Waals surface area contributed by atoms with Crippen molar-refractivity contribution in [2.45, 2.75) is 13.8 Å². The van der Waals surface area contributed by atoms with Gasteiger partial charge in [0, 0.05) is 23.5 Å². The van der Waals surface area contributed by atoms with E-state index >= 15 is 0 Å². The van der Waals surface area contributed by atoms with Crippen molar-refractivity contribution in [3.8, 4) is 5.75 Å². The Morgan fingerprint density at radius 2 is 2.13 bits per heavy atom. The van der Waals surface area contributed by atoms with Crippen LogP contribution in [0.2, 0.25) is 5.02 Å². The Morgan fingerprint density at radius 3 is 2.80 bits per heavy atom. The maximum Gasteiger partial charge on any atom is 0.261 e. The summed E-state index contributed by atoms with van der Waals surface area (Å²) in [5, 5.41) is 9.88. The molecule has 0 radical (unpaired) electrons. The number of halogens is 1. The molecule has 0 unspecified atom stereocenters. The number of hydrogen-bond acceptors (Lipinski definition) is 3. The first kappa shape index (κ1) is 9.98. The molecule has 4 nitrogen and oxygen atoms in total. The molecule has 0 spiro atoms. The molecule has 2 rings (SSSR count). The zero-order valence-corrected chi connectivity index (χ0v) is 9.04. The number of rotatable bonds is 0. The van der Waals surface area contributed by atoms with Gasteiger partial charge in [-0.3, -0.25) is 9.20 Å². The van der Waals surface area contributed by atoms with Gasteiger partial charge in [-0.2, -0.15) is 0 Å². The SMILES string of the molecule is Cc1nc2c(O)cc(Cl)cn2c(=O)c1C. The molecule has 2 aromatic heterocycles. The number of fused-ring (bicyclic) bond motifs is 1. The minimum Gasteiger partial charge on any atom is -0.504 e. The molecule has 0 aromatic carbocycles. The molecule has 0 saturated carbocycles. The maximum absolute atomic E-state index is 11.8. The molecular formula is C10H9ClN2O2. The van der Waals surface area contributed by atoms with Gasteiger partial charge in [0.05, 0.1) is 5.02 Å². The lowest BCUT2D eigenvalue weighted by Crippen LogP contribution is -2.19. The Hall–Kier alpha value is -1.55. The van der Waals surface area contributed by atoms with Crippen molar-refractivity contribution in [2.75, 3.05) is 0 Å². The van der Waals surface area contributed by atoms with E-state index in [1.54, 1.807) is 13.8 Å². The quantitative estimate of drug-likeness (QED) is 0.741. The number of aromatic hydroxyl groups is 1. The second-order valence-electron chi connectivity index (χ2n) is 3.36. The molecule has 0 aliphatic rings. The summed E-state index contributed by atoms with van der Waals surface area (Å²) in [5.74, 6) is -0.0947. The summed E-state index contributed by atoms with van der Waals surface area (Å²) < 4.78 is 1.25. The Bertz CT molecular complexity index is 604. The molecule has 0 aliphatic heterocycles. The Kier molecular flexibility index (Phi) is 2.16. The van der Waals surface area contributed by atoms with Gasteiger partial charge >= 0.3 is 0 Å². The third-order valence-corrected chi connectivity index (χ3v) is 2.55. The van der Waals surface area contributed by atoms with Crippen molar-refractivity contribution < 1.29 is 5.11 Å². The smallest absolute Gasteiger partial charge is 0.261 e. The van der Waals surface area contributed by atoms with E-state index in [4.69, 9.17) is 11.6 Å². The maximum atomic E-state index is 11.8. The number of aryl methyl sites for hydroxylation is 1. The third kappa shape index (κ3) is 1.47. The van der Waals surface area contributed by atoms with E-state index in [0.29, 0.717) is 16.3 Å². The van der Waals surface area contributed by atoms with Crippen LogP contribution in [-0.4, -0.2) is 14.5 Å². The van der Waals surface area contributed by atoms with E-state index in [-0.39, 0.29) is 17.0 Å². The Balaban J connectivity index is 3.06. The van der Waals surface area contributed by atoms with Gasteiger partial charge in [0.25, 0.3) is 5.56 Å². The van der Waals surface area contributed by atoms with Gasteiger partial charge in [-0.15, -0.1) is 0 Å². The van der Waals surface area contributed by atoms with Crippen LogP contribution in [0.15, 0.2) is 17.1 Å². The van der Waals surface area contributed by atoms with Crippen molar-refractivity contribution in [2.24, 2.45) is 0 Å². The van der Waals surface area contributed by atoms with Crippen molar-refractivity contribution >= 4 is 17.2 Å². The number of pyridine rings is 1. The van der Waals surface area contributed by atoms with Crippen molar-refractivity contribution in [3.63, 3.8) is 0 Å². The highest BCUT2D eigenvalue weighted by Gasteiger charge is 2.09. The summed E-state index contributed by atoms with van der Waals surface area (Å²) in [6, 6.07) is 1.36. The number of nitrogens with zero attached hydrogens (tertiary/aromatic N) is 2. The average Bonchev–Trinajstić information content (AvgIpc) is 2.17. The van der Waals surface area contributed by atoms with Crippen LogP contribution < -0.4 is 5.56 Å². The highest BCUT2D eigenvalue weighted by atomic mass is 35.5. The van der Waals surface area contributed by atoms with Gasteiger partial charge in [0.1, 0.15) is 0 Å². The highest BCUT2D eigenvalue weighted by Crippen LogP contribution is 2.20. The van der Waals surface area contributed by atoms with E-state index in [2.05, 4.69) is 4.98 Å². The van der Waals surface area contributed by atoms with Crippen molar-refractivity contribution in [1.82, 2.24) is 9.38 Å². The topological polar surface area (TPSA) is 54.6 Å². The molecule has 0 amide bonds. The predicted molar refractivity (Wildman–Crippen MR) is 57.6 cm³/mol. The molecular weight excluding hydrogens is 216 g/mol. The summed E-state index contributed by atoms with van der Waals surface area (Å²) >= 11 is 5.74. The van der Waals surface area contributed by atoms with E-state index in [9.17, 15) is 9.90 Å². The fourth-order valence-corrected chi connectivity index (χ4v) is 1.59. The van der Waals surface area contributed by atoms with Crippen LogP contribution in [0.5, 0.6) is 5.75 Å². The molecule has 0 saturated heterocycles. The first-order valence-electron chi connectivity index (χ1n) is 4.39. The molecule has 2 heterocycles. The van der Waals surface area contributed by atoms with E-state index < -0.39 is 0 Å². The summed E-state index contributed by atoms with van der Waals surface area (Å²) in [6.45, 7) is 3.42. The van der Waals surface area contributed by atoms with Crippen molar-refractivity contribution in [3.05, 3.63) is 38.9 Å². The summed E-state index contributed by atoms with van der Waals surface area (Å²) in [4.78, 5) is 15.9. The molecule has 2 aromatic rings. The predicted octanol–water partition coefficient (Wildman–Crippen LogP) is 1.67. The fraction of sp³-hybridized carbons (Fsp3) is 0.200. The molecule has 0 aliphatic carbocycles. The normalized spacial score (nSPS) is 10.9. The standard InChI is InChI=1S/C10H9ClN2O2/c1-5-6(2)12-9-8(14)3-7(11)4-13(9)10(5)15/h3-4,14H,1-2H3. The molecule has 0 bridgehead atoms. The van der Waals surface area contributed by atoms with Gasteiger partial charge in [-0.05, 0) is 13.8 Å². The molecule has 78 valence electrons. The lowest BCUT2D eigenvalue weighted by Gasteiger charge is -2.06. The van der Waals surface area contributed by atoms with Gasteiger partial charge in [-0.1, -0.05) is 11.6 Å². The fourth-order valence-electron chi connectivity index (χ4n) is 1.38. The second-order valence-corrected chi connectivity index (χ2v) is 3.80. The Labute approximate surface area is 90.8 Å². The van der Waals surface area contributed by atoms with Crippen LogP contribution in [0.4, 0.5) is 0 Å². The highest BCUT2D eigenvalue weighted by molar-refractivity contribution is 6.30. The van der Waals surface area contributed by atoms with Gasteiger partial charge in [-0.25, -0.2) is 4.98 Å². The molecule has 5 heteroatoms. The van der Waals surface area contributed by atoms with E-state index in [0.717, 1.165) is 0 Å². The molecule has 1 N–H and O–H groups in total. The zero-order valence-electron chi connectivity index (χ0n) is 8.28. The van der Waals surface area contributed by atoms with Crippen molar-refractivity contribution in [1.29, 1.82) is 0 Å². The first-order valence-corrected chi connectivity index (χ1v) is 4.76. The molecule has 0 fully saturated rings. The number of aromatic nitrogens is 2. The minimum absolute atomic E-state index is 0.0947. The largest absolute Gasteiger partial charge is 0.504 e. The van der Waals surface area contributed by atoms with Crippen LogP contribution in [0.3, 0.4) is 0 Å². The van der Waals surface area contributed by atoms with Gasteiger partial charge < -0.3 is 5.11 Å². The Morgan fingerprint density at radius 1 is 1.47 bits per heavy atom. The molecule has 0 atom stereocenters. The van der Waals surface area contributed by atoms with E-state index in [1.165, 1.54) is 16.7 Å². The lowest BCUT2D eigenvalue weighted by atomic mass is 10.2. The second kappa shape index (κ2) is 3.24. The summed E-state index contributed by atoms with van der Waals surface area (Å²) in [6.07, 6.45) is 1.44. The van der Waals surface area contributed by atoms with Crippen LogP contribution in [0.1, 0.15) is 11.3 Å². The third-order valence-electron chi connectivity index (χ3n) is 2.34. The van der Waals surface area contributed by atoms with Gasteiger partial charge in [0.2, 0.25) is 0 Å². The summed E-state index contributed by atoms with van der Waals surface area (Å²) in [5.41, 5.74) is 1.18. The molecule has 15 heavy (non-hydrogen) atoms. The van der Waals surface area contributed by atoms with Crippen LogP contribution in [0, 0.1) is 13.8 Å².